The van der Waals surface area contributed by atoms with Crippen molar-refractivity contribution in [3.05, 3.63) is 65.9 Å². The van der Waals surface area contributed by atoms with Gasteiger partial charge in [0.15, 0.2) is 0 Å². The lowest BCUT2D eigenvalue weighted by Crippen LogP contribution is -2.26. The molecule has 1 heterocycles. The summed E-state index contributed by atoms with van der Waals surface area (Å²) in [6.45, 7) is 6.17. The second-order valence-electron chi connectivity index (χ2n) is 5.67. The molecule has 4 heteroatoms. The van der Waals surface area contributed by atoms with Gasteiger partial charge in [-0.25, -0.2) is 0 Å². The van der Waals surface area contributed by atoms with Crippen LogP contribution in [0.4, 0.5) is 5.69 Å². The minimum atomic E-state index is 0. The molecule has 1 atom stereocenters. The van der Waals surface area contributed by atoms with E-state index in [9.17, 15) is 0 Å². The molecular weight excluding hydrogens is 308 g/mol. The van der Waals surface area contributed by atoms with Gasteiger partial charge in [0.2, 0.25) is 0 Å². The molecule has 23 heavy (non-hydrogen) atoms. The van der Waals surface area contributed by atoms with E-state index in [-0.39, 0.29) is 18.4 Å². The summed E-state index contributed by atoms with van der Waals surface area (Å²) in [5.74, 6) is 1.01. The Morgan fingerprint density at radius 2 is 1.87 bits per heavy atom. The van der Waals surface area contributed by atoms with E-state index in [1.54, 1.807) is 0 Å². The summed E-state index contributed by atoms with van der Waals surface area (Å²) in [5, 5.41) is 1.16. The van der Waals surface area contributed by atoms with Gasteiger partial charge in [0, 0.05) is 17.6 Å². The lowest BCUT2D eigenvalue weighted by atomic mass is 10.1. The summed E-state index contributed by atoms with van der Waals surface area (Å²) in [6.07, 6.45) is 0. The van der Waals surface area contributed by atoms with Crippen LogP contribution in [0.5, 0.6) is 0 Å². The number of rotatable bonds is 5. The van der Waals surface area contributed by atoms with Gasteiger partial charge in [0.25, 0.3) is 0 Å². The molecule has 0 aliphatic carbocycles. The lowest BCUT2D eigenvalue weighted by molar-refractivity contribution is 0.191. The van der Waals surface area contributed by atoms with Crippen LogP contribution >= 0.6 is 12.4 Å². The number of hydrogen-bond donors (Lipinski definition) is 1. The zero-order chi connectivity index (χ0) is 15.5. The van der Waals surface area contributed by atoms with Gasteiger partial charge in [-0.1, -0.05) is 37.3 Å². The first-order chi connectivity index (χ1) is 10.7. The summed E-state index contributed by atoms with van der Waals surface area (Å²) in [6, 6.07) is 18.6. The second-order valence-corrected chi connectivity index (χ2v) is 5.67. The number of nitrogens with two attached hydrogens (primary N) is 1. The Bertz CT molecular complexity index is 736. The Morgan fingerprint density at radius 1 is 1.09 bits per heavy atom. The Labute approximate surface area is 143 Å². The van der Waals surface area contributed by atoms with Crippen LogP contribution in [0, 0.1) is 0 Å². The van der Waals surface area contributed by atoms with Gasteiger partial charge in [-0.2, -0.15) is 0 Å². The number of furan rings is 1. The standard InChI is InChI=1S/C19H22N2O.ClH/c1-3-21(13-15-7-6-9-17(20)11-15)14(2)19-12-16-8-4-5-10-18(16)22-19;/h4-12,14H,3,13,20H2,1-2H3;1H. The molecule has 1 unspecified atom stereocenters. The van der Waals surface area contributed by atoms with Gasteiger partial charge in [-0.3, -0.25) is 4.90 Å². The van der Waals surface area contributed by atoms with E-state index in [0.29, 0.717) is 0 Å². The molecule has 0 aliphatic rings. The van der Waals surface area contributed by atoms with E-state index in [1.807, 2.05) is 36.4 Å². The molecule has 3 rings (SSSR count). The van der Waals surface area contributed by atoms with E-state index in [0.717, 1.165) is 35.5 Å². The number of hydrogen-bond acceptors (Lipinski definition) is 3. The first-order valence-corrected chi connectivity index (χ1v) is 7.74. The lowest BCUT2D eigenvalue weighted by Gasteiger charge is -2.26. The molecule has 3 aromatic rings. The normalized spacial score (nSPS) is 12.3. The maximum absolute atomic E-state index is 6.01. The average Bonchev–Trinajstić information content (AvgIpc) is 2.96. The van der Waals surface area contributed by atoms with Crippen LogP contribution in [0.3, 0.4) is 0 Å². The zero-order valence-electron chi connectivity index (χ0n) is 13.5. The van der Waals surface area contributed by atoms with E-state index in [1.165, 1.54) is 5.56 Å². The molecule has 2 aromatic carbocycles. The Morgan fingerprint density at radius 3 is 2.57 bits per heavy atom. The Hall–Kier alpha value is -1.97. The van der Waals surface area contributed by atoms with Crippen LogP contribution in [0.1, 0.15) is 31.2 Å². The molecule has 0 bridgehead atoms. The number of nitrogens with zero attached hydrogens (tertiary/aromatic N) is 1. The van der Waals surface area contributed by atoms with Gasteiger partial charge in [-0.15, -0.1) is 12.4 Å². The predicted octanol–water partition coefficient (Wildman–Crippen LogP) is 5.02. The van der Waals surface area contributed by atoms with E-state index in [4.69, 9.17) is 10.2 Å². The van der Waals surface area contributed by atoms with Crippen molar-refractivity contribution < 1.29 is 4.42 Å². The first kappa shape index (κ1) is 17.4. The quantitative estimate of drug-likeness (QED) is 0.668. The predicted molar refractivity (Wildman–Crippen MR) is 98.8 cm³/mol. The molecule has 0 saturated carbocycles. The fourth-order valence-electron chi connectivity index (χ4n) is 2.84. The monoisotopic (exact) mass is 330 g/mol. The Balaban J connectivity index is 0.00000192. The van der Waals surface area contributed by atoms with Gasteiger partial charge in [0.05, 0.1) is 6.04 Å². The first-order valence-electron chi connectivity index (χ1n) is 7.74. The highest BCUT2D eigenvalue weighted by atomic mass is 35.5. The average molecular weight is 331 g/mol. The molecule has 0 fully saturated rings. The number of para-hydroxylation sites is 1. The molecule has 0 radical (unpaired) electrons. The van der Waals surface area contributed by atoms with Crippen LogP contribution in [0.2, 0.25) is 0 Å². The molecule has 1 aromatic heterocycles. The van der Waals surface area contributed by atoms with Crippen LogP contribution < -0.4 is 5.73 Å². The van der Waals surface area contributed by atoms with Crippen LogP contribution in [0.15, 0.2) is 59.0 Å². The maximum Gasteiger partial charge on any atom is 0.134 e. The molecule has 3 nitrogen and oxygen atoms in total. The van der Waals surface area contributed by atoms with E-state index >= 15 is 0 Å². The minimum Gasteiger partial charge on any atom is -0.459 e. The summed E-state index contributed by atoms with van der Waals surface area (Å²) in [7, 11) is 0. The van der Waals surface area contributed by atoms with E-state index in [2.05, 4.69) is 36.9 Å². The zero-order valence-corrected chi connectivity index (χ0v) is 14.3. The van der Waals surface area contributed by atoms with E-state index < -0.39 is 0 Å². The molecule has 122 valence electrons. The van der Waals surface area contributed by atoms with Crippen LogP contribution in [0.25, 0.3) is 11.0 Å². The SMILES string of the molecule is CCN(Cc1cccc(N)c1)C(C)c1cc2ccccc2o1.Cl. The molecule has 0 spiro atoms. The number of nitrogen functional groups attached to an aromatic ring is 1. The highest BCUT2D eigenvalue weighted by molar-refractivity contribution is 5.85. The topological polar surface area (TPSA) is 42.4 Å². The number of fused-ring (bicyclic) bond motifs is 1. The van der Waals surface area contributed by atoms with Crippen LogP contribution in [-0.4, -0.2) is 11.4 Å². The molecule has 0 saturated heterocycles. The number of benzene rings is 2. The van der Waals surface area contributed by atoms with Crippen molar-refractivity contribution in [2.45, 2.75) is 26.4 Å². The molecule has 0 amide bonds. The molecular formula is C19H23ClN2O. The third kappa shape index (κ3) is 3.87. The molecule has 2 N–H and O–H groups in total. The van der Waals surface area contributed by atoms with Crippen molar-refractivity contribution >= 4 is 29.1 Å². The van der Waals surface area contributed by atoms with Crippen molar-refractivity contribution in [3.8, 4) is 0 Å². The number of halogens is 1. The van der Waals surface area contributed by atoms with Crippen molar-refractivity contribution in [1.82, 2.24) is 4.90 Å². The van der Waals surface area contributed by atoms with Crippen molar-refractivity contribution in [2.24, 2.45) is 0 Å². The largest absolute Gasteiger partial charge is 0.459 e. The summed E-state index contributed by atoms with van der Waals surface area (Å²) >= 11 is 0. The van der Waals surface area contributed by atoms with Gasteiger partial charge in [0.1, 0.15) is 11.3 Å². The van der Waals surface area contributed by atoms with Gasteiger partial charge < -0.3 is 10.2 Å². The Kier molecular flexibility index (Phi) is 5.69. The third-order valence-corrected chi connectivity index (χ3v) is 4.15. The minimum absolute atomic E-state index is 0. The fourth-order valence-corrected chi connectivity index (χ4v) is 2.84. The van der Waals surface area contributed by atoms with Crippen molar-refractivity contribution in [1.29, 1.82) is 0 Å². The van der Waals surface area contributed by atoms with Gasteiger partial charge in [-0.05, 0) is 43.3 Å². The number of anilines is 1. The summed E-state index contributed by atoms with van der Waals surface area (Å²) in [4.78, 5) is 2.38. The maximum atomic E-state index is 6.01. The third-order valence-electron chi connectivity index (χ3n) is 4.15. The van der Waals surface area contributed by atoms with Gasteiger partial charge >= 0.3 is 0 Å². The van der Waals surface area contributed by atoms with Crippen molar-refractivity contribution in [3.63, 3.8) is 0 Å². The summed E-state index contributed by atoms with van der Waals surface area (Å²) in [5.41, 5.74) is 8.86. The highest BCUT2D eigenvalue weighted by Gasteiger charge is 2.18. The van der Waals surface area contributed by atoms with Crippen LogP contribution in [-0.2, 0) is 6.54 Å². The summed E-state index contributed by atoms with van der Waals surface area (Å²) < 4.78 is 6.01. The second kappa shape index (κ2) is 7.53. The van der Waals surface area contributed by atoms with Crippen molar-refractivity contribution in [2.75, 3.05) is 12.3 Å². The fraction of sp³-hybridized carbons (Fsp3) is 0.263. The highest BCUT2D eigenvalue weighted by Crippen LogP contribution is 2.28. The smallest absolute Gasteiger partial charge is 0.134 e. The molecule has 0 aliphatic heterocycles.